The van der Waals surface area contributed by atoms with E-state index in [-0.39, 0.29) is 11.9 Å². The van der Waals surface area contributed by atoms with E-state index < -0.39 is 5.41 Å². The standard InChI is InChI=1S/C18H23NO3S/c1-5-6-11-22-16(20)14-12-9-7-8-10-13(12)23-15(14)19-17(21)18(2,3)4/h7-10H,5-6,11H2,1-4H3,(H,19,21). The van der Waals surface area contributed by atoms with Gasteiger partial charge in [-0.3, -0.25) is 4.79 Å². The average Bonchev–Trinajstić information content (AvgIpc) is 2.84. The lowest BCUT2D eigenvalue weighted by Crippen LogP contribution is -2.28. The van der Waals surface area contributed by atoms with E-state index in [0.29, 0.717) is 17.2 Å². The van der Waals surface area contributed by atoms with Crippen LogP contribution in [0.15, 0.2) is 24.3 Å². The van der Waals surface area contributed by atoms with E-state index in [2.05, 4.69) is 5.32 Å². The first-order chi connectivity index (χ1) is 10.8. The second kappa shape index (κ2) is 7.13. The lowest BCUT2D eigenvalue weighted by atomic mass is 9.96. The number of fused-ring (bicyclic) bond motifs is 1. The van der Waals surface area contributed by atoms with Gasteiger partial charge in [0.15, 0.2) is 0 Å². The van der Waals surface area contributed by atoms with Crippen LogP contribution in [0.2, 0.25) is 0 Å². The highest BCUT2D eigenvalue weighted by atomic mass is 32.1. The van der Waals surface area contributed by atoms with Crippen LogP contribution in [0.25, 0.3) is 10.1 Å². The largest absolute Gasteiger partial charge is 0.462 e. The summed E-state index contributed by atoms with van der Waals surface area (Å²) in [5.74, 6) is -0.494. The fourth-order valence-corrected chi connectivity index (χ4v) is 3.09. The van der Waals surface area contributed by atoms with Gasteiger partial charge < -0.3 is 10.1 Å². The zero-order valence-electron chi connectivity index (χ0n) is 14.1. The van der Waals surface area contributed by atoms with Gasteiger partial charge in [0.2, 0.25) is 5.91 Å². The second-order valence-electron chi connectivity index (χ2n) is 6.50. The molecule has 0 unspecified atom stereocenters. The van der Waals surface area contributed by atoms with Crippen molar-refractivity contribution in [1.82, 2.24) is 0 Å². The number of hydrogen-bond acceptors (Lipinski definition) is 4. The van der Waals surface area contributed by atoms with Crippen molar-refractivity contribution in [2.45, 2.75) is 40.5 Å². The Hall–Kier alpha value is -1.88. The Balaban J connectivity index is 2.37. The summed E-state index contributed by atoms with van der Waals surface area (Å²) in [7, 11) is 0. The summed E-state index contributed by atoms with van der Waals surface area (Å²) in [5.41, 5.74) is -0.0705. The summed E-state index contributed by atoms with van der Waals surface area (Å²) in [4.78, 5) is 24.8. The van der Waals surface area contributed by atoms with Crippen LogP contribution in [0.3, 0.4) is 0 Å². The lowest BCUT2D eigenvalue weighted by Gasteiger charge is -2.17. The maximum Gasteiger partial charge on any atom is 0.341 e. The van der Waals surface area contributed by atoms with Gasteiger partial charge in [-0.05, 0) is 12.5 Å². The van der Waals surface area contributed by atoms with Crippen LogP contribution < -0.4 is 5.32 Å². The molecule has 1 heterocycles. The molecular formula is C18H23NO3S. The van der Waals surface area contributed by atoms with Gasteiger partial charge in [-0.2, -0.15) is 0 Å². The SMILES string of the molecule is CCCCOC(=O)c1c(NC(=O)C(C)(C)C)sc2ccccc12. The maximum atomic E-state index is 12.5. The molecule has 5 heteroatoms. The number of carbonyl (C=O) groups excluding carboxylic acids is 2. The first-order valence-electron chi connectivity index (χ1n) is 7.84. The quantitative estimate of drug-likeness (QED) is 0.629. The molecule has 1 amide bonds. The number of amides is 1. The smallest absolute Gasteiger partial charge is 0.341 e. The first kappa shape index (κ1) is 17.5. The van der Waals surface area contributed by atoms with Crippen LogP contribution in [0.4, 0.5) is 5.00 Å². The van der Waals surface area contributed by atoms with E-state index in [1.54, 1.807) is 0 Å². The molecule has 1 aromatic carbocycles. The first-order valence-corrected chi connectivity index (χ1v) is 8.66. The van der Waals surface area contributed by atoms with Gasteiger partial charge in [0.25, 0.3) is 0 Å². The van der Waals surface area contributed by atoms with E-state index in [0.717, 1.165) is 22.9 Å². The van der Waals surface area contributed by atoms with Crippen LogP contribution in [-0.4, -0.2) is 18.5 Å². The zero-order chi connectivity index (χ0) is 17.0. The molecule has 0 aliphatic rings. The summed E-state index contributed by atoms with van der Waals surface area (Å²) in [6, 6.07) is 7.62. The van der Waals surface area contributed by atoms with Gasteiger partial charge in [0.05, 0.1) is 6.61 Å². The van der Waals surface area contributed by atoms with Crippen molar-refractivity contribution in [2.75, 3.05) is 11.9 Å². The van der Waals surface area contributed by atoms with E-state index >= 15 is 0 Å². The Bertz CT molecular complexity index is 713. The average molecular weight is 333 g/mol. The molecule has 1 aromatic heterocycles. The number of thiophene rings is 1. The van der Waals surface area contributed by atoms with Gasteiger partial charge in [-0.15, -0.1) is 11.3 Å². The van der Waals surface area contributed by atoms with Crippen LogP contribution in [0.5, 0.6) is 0 Å². The number of nitrogens with one attached hydrogen (secondary N) is 1. The van der Waals surface area contributed by atoms with E-state index in [4.69, 9.17) is 4.74 Å². The normalized spacial score (nSPS) is 11.5. The number of benzene rings is 1. The Kier molecular flexibility index (Phi) is 5.42. The van der Waals surface area contributed by atoms with Gasteiger partial charge >= 0.3 is 5.97 Å². The predicted molar refractivity (Wildman–Crippen MR) is 95.1 cm³/mol. The number of ether oxygens (including phenoxy) is 1. The topological polar surface area (TPSA) is 55.4 Å². The summed E-state index contributed by atoms with van der Waals surface area (Å²) < 4.78 is 6.32. The molecule has 0 fully saturated rings. The van der Waals surface area contributed by atoms with Gasteiger partial charge in [0.1, 0.15) is 10.6 Å². The lowest BCUT2D eigenvalue weighted by molar-refractivity contribution is -0.123. The molecule has 1 N–H and O–H groups in total. The van der Waals surface area contributed by atoms with E-state index in [1.807, 2.05) is 52.0 Å². The van der Waals surface area contributed by atoms with Crippen molar-refractivity contribution in [3.8, 4) is 0 Å². The molecule has 0 atom stereocenters. The monoisotopic (exact) mass is 333 g/mol. The summed E-state index contributed by atoms with van der Waals surface area (Å²) in [5, 5.41) is 4.28. The molecule has 4 nitrogen and oxygen atoms in total. The van der Waals surface area contributed by atoms with Crippen molar-refractivity contribution in [2.24, 2.45) is 5.41 Å². The number of unbranched alkanes of at least 4 members (excludes halogenated alkanes) is 1. The minimum Gasteiger partial charge on any atom is -0.462 e. The fraction of sp³-hybridized carbons (Fsp3) is 0.444. The number of esters is 1. The molecule has 2 rings (SSSR count). The molecular weight excluding hydrogens is 310 g/mol. The number of rotatable bonds is 5. The van der Waals surface area contributed by atoms with Gasteiger partial charge in [0, 0.05) is 15.5 Å². The van der Waals surface area contributed by atoms with Crippen LogP contribution in [0.1, 0.15) is 50.9 Å². The van der Waals surface area contributed by atoms with Crippen molar-refractivity contribution in [1.29, 1.82) is 0 Å². The molecule has 0 saturated heterocycles. The highest BCUT2D eigenvalue weighted by Crippen LogP contribution is 2.37. The molecule has 23 heavy (non-hydrogen) atoms. The molecule has 2 aromatic rings. The van der Waals surface area contributed by atoms with Crippen molar-refractivity contribution < 1.29 is 14.3 Å². The van der Waals surface area contributed by atoms with Crippen LogP contribution in [0, 0.1) is 5.41 Å². The summed E-state index contributed by atoms with van der Waals surface area (Å²) in [6.45, 7) is 7.97. The number of carbonyl (C=O) groups is 2. The summed E-state index contributed by atoms with van der Waals surface area (Å²) >= 11 is 1.40. The fourth-order valence-electron chi connectivity index (χ4n) is 2.01. The Morgan fingerprint density at radius 3 is 2.57 bits per heavy atom. The van der Waals surface area contributed by atoms with Crippen LogP contribution in [-0.2, 0) is 9.53 Å². The van der Waals surface area contributed by atoms with Crippen molar-refractivity contribution in [3.63, 3.8) is 0 Å². The maximum absolute atomic E-state index is 12.5. The number of hydrogen-bond donors (Lipinski definition) is 1. The summed E-state index contributed by atoms with van der Waals surface area (Å²) in [6.07, 6.45) is 1.79. The second-order valence-corrected chi connectivity index (χ2v) is 7.55. The molecule has 0 spiro atoms. The molecule has 0 bridgehead atoms. The van der Waals surface area contributed by atoms with Crippen LogP contribution >= 0.6 is 11.3 Å². The van der Waals surface area contributed by atoms with E-state index in [9.17, 15) is 9.59 Å². The third kappa shape index (κ3) is 4.10. The Morgan fingerprint density at radius 2 is 1.91 bits per heavy atom. The van der Waals surface area contributed by atoms with E-state index in [1.165, 1.54) is 11.3 Å². The number of anilines is 1. The third-order valence-corrected chi connectivity index (χ3v) is 4.53. The molecule has 0 saturated carbocycles. The Labute approximate surface area is 140 Å². The molecule has 124 valence electrons. The Morgan fingerprint density at radius 1 is 1.22 bits per heavy atom. The zero-order valence-corrected chi connectivity index (χ0v) is 14.9. The van der Waals surface area contributed by atoms with Crippen molar-refractivity contribution >= 4 is 38.3 Å². The highest BCUT2D eigenvalue weighted by molar-refractivity contribution is 7.23. The highest BCUT2D eigenvalue weighted by Gasteiger charge is 2.26. The van der Waals surface area contributed by atoms with Gasteiger partial charge in [-0.25, -0.2) is 4.79 Å². The molecule has 0 aliphatic heterocycles. The predicted octanol–water partition coefficient (Wildman–Crippen LogP) is 4.84. The minimum atomic E-state index is -0.528. The molecule has 0 aliphatic carbocycles. The van der Waals surface area contributed by atoms with Crippen molar-refractivity contribution in [3.05, 3.63) is 29.8 Å². The minimum absolute atomic E-state index is 0.119. The van der Waals surface area contributed by atoms with Gasteiger partial charge in [-0.1, -0.05) is 52.3 Å². The third-order valence-electron chi connectivity index (χ3n) is 3.44. The molecule has 0 radical (unpaired) electrons.